The van der Waals surface area contributed by atoms with Crippen LogP contribution in [0.2, 0.25) is 0 Å². The van der Waals surface area contributed by atoms with Crippen LogP contribution in [0.1, 0.15) is 11.5 Å². The Kier molecular flexibility index (Phi) is 4.57. The highest BCUT2D eigenvalue weighted by Crippen LogP contribution is 2.24. The van der Waals surface area contributed by atoms with Crippen LogP contribution < -0.4 is 5.32 Å². The third-order valence-corrected chi connectivity index (χ3v) is 4.06. The Labute approximate surface area is 155 Å². The number of hydrogen-bond donors (Lipinski definition) is 1. The molecule has 7 heteroatoms. The van der Waals surface area contributed by atoms with Gasteiger partial charge in [0.25, 0.3) is 5.89 Å². The van der Waals surface area contributed by atoms with Gasteiger partial charge in [-0.3, -0.25) is 4.79 Å². The van der Waals surface area contributed by atoms with E-state index in [0.29, 0.717) is 24.0 Å². The van der Waals surface area contributed by atoms with Gasteiger partial charge in [0, 0.05) is 11.8 Å². The molecule has 1 amide bonds. The van der Waals surface area contributed by atoms with E-state index in [-0.39, 0.29) is 12.5 Å². The summed E-state index contributed by atoms with van der Waals surface area (Å²) in [5, 5.41) is 11.1. The van der Waals surface area contributed by atoms with Crippen LogP contribution in [0.15, 0.2) is 69.6 Å². The smallest absolute Gasteiger partial charge is 0.264 e. The second kappa shape index (κ2) is 7.33. The maximum Gasteiger partial charge on any atom is 0.264 e. The van der Waals surface area contributed by atoms with Crippen LogP contribution in [0.25, 0.3) is 23.0 Å². The van der Waals surface area contributed by atoms with Gasteiger partial charge >= 0.3 is 0 Å². The molecule has 136 valence electrons. The zero-order valence-corrected chi connectivity index (χ0v) is 14.8. The van der Waals surface area contributed by atoms with Crippen molar-refractivity contribution in [2.24, 2.45) is 0 Å². The first-order valence-electron chi connectivity index (χ1n) is 8.55. The molecule has 3 heterocycles. The molecule has 0 fully saturated rings. The lowest BCUT2D eigenvalue weighted by Crippen LogP contribution is -2.26. The third-order valence-electron chi connectivity index (χ3n) is 4.06. The van der Waals surface area contributed by atoms with Gasteiger partial charge in [0.1, 0.15) is 23.8 Å². The second-order valence-corrected chi connectivity index (χ2v) is 6.09. The Morgan fingerprint density at radius 3 is 2.59 bits per heavy atom. The fourth-order valence-electron chi connectivity index (χ4n) is 2.75. The molecule has 0 atom stereocenters. The Bertz CT molecular complexity index is 1050. The molecule has 0 aliphatic rings. The molecule has 0 saturated carbocycles. The van der Waals surface area contributed by atoms with E-state index in [4.69, 9.17) is 8.83 Å². The number of furan rings is 1. The first kappa shape index (κ1) is 16.8. The van der Waals surface area contributed by atoms with E-state index in [0.717, 1.165) is 17.1 Å². The highest BCUT2D eigenvalue weighted by molar-refractivity contribution is 5.76. The molecule has 0 radical (unpaired) electrons. The fourth-order valence-corrected chi connectivity index (χ4v) is 2.75. The summed E-state index contributed by atoms with van der Waals surface area (Å²) in [6.45, 7) is 2.36. The number of nitrogens with one attached hydrogen (secondary N) is 1. The minimum absolute atomic E-state index is 0.135. The molecule has 0 bridgehead atoms. The summed E-state index contributed by atoms with van der Waals surface area (Å²) < 4.78 is 13.0. The number of benzene rings is 1. The number of carbonyl (C=O) groups excluding carboxylic acids is 1. The van der Waals surface area contributed by atoms with Crippen LogP contribution in [0.3, 0.4) is 0 Å². The standard InChI is InChI=1S/C20H18N4O3/c1-14-9-10-16(26-14)12-21-18(25)13-24-11-5-8-17(24)20-23-22-19(27-20)15-6-3-2-4-7-15/h2-11H,12-13H2,1H3,(H,21,25). The first-order valence-corrected chi connectivity index (χ1v) is 8.55. The van der Waals surface area contributed by atoms with Crippen LogP contribution in [0.4, 0.5) is 0 Å². The number of amides is 1. The van der Waals surface area contributed by atoms with Crippen LogP contribution in [0.5, 0.6) is 0 Å². The highest BCUT2D eigenvalue weighted by Gasteiger charge is 2.15. The number of aryl methyl sites for hydroxylation is 1. The summed E-state index contributed by atoms with van der Waals surface area (Å²) in [5.74, 6) is 2.21. The Balaban J connectivity index is 1.45. The number of nitrogens with zero attached hydrogens (tertiary/aromatic N) is 3. The van der Waals surface area contributed by atoms with Crippen molar-refractivity contribution in [3.05, 3.63) is 72.3 Å². The molecular weight excluding hydrogens is 344 g/mol. The zero-order chi connectivity index (χ0) is 18.6. The van der Waals surface area contributed by atoms with Gasteiger partial charge in [-0.1, -0.05) is 18.2 Å². The predicted molar refractivity (Wildman–Crippen MR) is 98.5 cm³/mol. The molecule has 4 aromatic rings. The van der Waals surface area contributed by atoms with Crippen molar-refractivity contribution in [2.45, 2.75) is 20.0 Å². The van der Waals surface area contributed by atoms with E-state index in [1.54, 1.807) is 10.8 Å². The lowest BCUT2D eigenvalue weighted by molar-refractivity contribution is -0.121. The lowest BCUT2D eigenvalue weighted by Gasteiger charge is -2.07. The quantitative estimate of drug-likeness (QED) is 0.568. The van der Waals surface area contributed by atoms with Crippen LogP contribution >= 0.6 is 0 Å². The van der Waals surface area contributed by atoms with Gasteiger partial charge < -0.3 is 18.7 Å². The van der Waals surface area contributed by atoms with Crippen molar-refractivity contribution in [2.75, 3.05) is 0 Å². The van der Waals surface area contributed by atoms with E-state index in [1.807, 2.05) is 61.5 Å². The average molecular weight is 362 g/mol. The number of carbonyl (C=O) groups is 1. The third kappa shape index (κ3) is 3.82. The van der Waals surface area contributed by atoms with Crippen molar-refractivity contribution in [3.63, 3.8) is 0 Å². The number of hydrogen-bond acceptors (Lipinski definition) is 5. The van der Waals surface area contributed by atoms with Gasteiger partial charge in [-0.25, -0.2) is 0 Å². The Morgan fingerprint density at radius 1 is 1.00 bits per heavy atom. The van der Waals surface area contributed by atoms with Gasteiger partial charge in [-0.15, -0.1) is 10.2 Å². The fraction of sp³-hybridized carbons (Fsp3) is 0.150. The summed E-state index contributed by atoms with van der Waals surface area (Å²) in [5.41, 5.74) is 1.54. The first-order chi connectivity index (χ1) is 13.2. The van der Waals surface area contributed by atoms with Gasteiger partial charge in [-0.05, 0) is 43.3 Å². The summed E-state index contributed by atoms with van der Waals surface area (Å²) in [7, 11) is 0. The van der Waals surface area contributed by atoms with Crippen molar-refractivity contribution in [1.29, 1.82) is 0 Å². The minimum atomic E-state index is -0.135. The summed E-state index contributed by atoms with van der Waals surface area (Å²) in [6, 6.07) is 16.9. The normalized spacial score (nSPS) is 10.9. The summed E-state index contributed by atoms with van der Waals surface area (Å²) >= 11 is 0. The van der Waals surface area contributed by atoms with E-state index in [2.05, 4.69) is 15.5 Å². The summed E-state index contributed by atoms with van der Waals surface area (Å²) in [4.78, 5) is 12.3. The molecule has 3 aromatic heterocycles. The molecule has 1 N–H and O–H groups in total. The van der Waals surface area contributed by atoms with Gasteiger partial charge in [0.2, 0.25) is 11.8 Å². The molecule has 0 unspecified atom stereocenters. The van der Waals surface area contributed by atoms with Crippen molar-refractivity contribution in [1.82, 2.24) is 20.1 Å². The molecule has 0 spiro atoms. The average Bonchev–Trinajstić information content (AvgIpc) is 3.41. The maximum absolute atomic E-state index is 12.3. The van der Waals surface area contributed by atoms with E-state index in [9.17, 15) is 4.79 Å². The van der Waals surface area contributed by atoms with Gasteiger partial charge in [0.15, 0.2) is 0 Å². The SMILES string of the molecule is Cc1ccc(CNC(=O)Cn2cccc2-c2nnc(-c3ccccc3)o2)o1. The molecule has 1 aromatic carbocycles. The molecule has 27 heavy (non-hydrogen) atoms. The van der Waals surface area contributed by atoms with Gasteiger partial charge in [-0.2, -0.15) is 0 Å². The van der Waals surface area contributed by atoms with Crippen molar-refractivity contribution < 1.29 is 13.6 Å². The zero-order valence-electron chi connectivity index (χ0n) is 14.8. The lowest BCUT2D eigenvalue weighted by atomic mass is 10.2. The van der Waals surface area contributed by atoms with Gasteiger partial charge in [0.05, 0.1) is 6.54 Å². The number of aromatic nitrogens is 3. The van der Waals surface area contributed by atoms with Crippen LogP contribution in [0, 0.1) is 6.92 Å². The molecule has 7 nitrogen and oxygen atoms in total. The van der Waals surface area contributed by atoms with E-state index < -0.39 is 0 Å². The second-order valence-electron chi connectivity index (χ2n) is 6.09. The monoisotopic (exact) mass is 362 g/mol. The minimum Gasteiger partial charge on any atom is -0.465 e. The molecule has 0 saturated heterocycles. The topological polar surface area (TPSA) is 86.1 Å². The molecular formula is C20H18N4O3. The van der Waals surface area contributed by atoms with E-state index >= 15 is 0 Å². The van der Waals surface area contributed by atoms with E-state index in [1.165, 1.54) is 0 Å². The van der Waals surface area contributed by atoms with Crippen LogP contribution in [-0.4, -0.2) is 20.7 Å². The molecule has 4 rings (SSSR count). The maximum atomic E-state index is 12.3. The number of rotatable bonds is 6. The largest absolute Gasteiger partial charge is 0.465 e. The Morgan fingerprint density at radius 2 is 1.81 bits per heavy atom. The van der Waals surface area contributed by atoms with Crippen molar-refractivity contribution >= 4 is 5.91 Å². The predicted octanol–water partition coefficient (Wildman–Crippen LogP) is 3.42. The molecule has 0 aliphatic heterocycles. The highest BCUT2D eigenvalue weighted by atomic mass is 16.4. The Hall–Kier alpha value is -3.61. The molecule has 0 aliphatic carbocycles. The van der Waals surface area contributed by atoms with Crippen LogP contribution in [-0.2, 0) is 17.9 Å². The van der Waals surface area contributed by atoms with Crippen molar-refractivity contribution in [3.8, 4) is 23.0 Å². The summed E-state index contributed by atoms with van der Waals surface area (Å²) in [6.07, 6.45) is 1.80.